The first-order valence-corrected chi connectivity index (χ1v) is 6.62. The number of hydrogen-bond donors (Lipinski definition) is 0. The van der Waals surface area contributed by atoms with Crippen LogP contribution in [0.1, 0.15) is 22.6 Å². The van der Waals surface area contributed by atoms with Crippen LogP contribution in [0.15, 0.2) is 42.5 Å². The van der Waals surface area contributed by atoms with Gasteiger partial charge in [-0.3, -0.25) is 10.1 Å². The van der Waals surface area contributed by atoms with Gasteiger partial charge in [-0.1, -0.05) is 29.8 Å². The van der Waals surface area contributed by atoms with Crippen LogP contribution in [0.2, 0.25) is 5.02 Å². The molecule has 2 aromatic carbocycles. The SMILES string of the molecule is N#CC(c1ccc([N+](=O)[O-])cc1)c1ccc(Cl)c(C(F)(F)F)c1. The molecule has 1 unspecified atom stereocenters. The number of nitriles is 1. The summed E-state index contributed by atoms with van der Waals surface area (Å²) in [5.74, 6) is -0.992. The number of nitrogens with zero attached hydrogens (tertiary/aromatic N) is 2. The highest BCUT2D eigenvalue weighted by molar-refractivity contribution is 6.31. The number of benzene rings is 2. The van der Waals surface area contributed by atoms with Crippen LogP contribution >= 0.6 is 11.6 Å². The van der Waals surface area contributed by atoms with Gasteiger partial charge in [-0.2, -0.15) is 18.4 Å². The third-order valence-electron chi connectivity index (χ3n) is 3.20. The first kappa shape index (κ1) is 16.8. The third-order valence-corrected chi connectivity index (χ3v) is 3.53. The average Bonchev–Trinajstić information content (AvgIpc) is 2.49. The minimum atomic E-state index is -4.64. The van der Waals surface area contributed by atoms with E-state index < -0.39 is 27.6 Å². The lowest BCUT2D eigenvalue weighted by Crippen LogP contribution is -2.08. The lowest BCUT2D eigenvalue weighted by molar-refractivity contribution is -0.384. The van der Waals surface area contributed by atoms with Crippen LogP contribution < -0.4 is 0 Å². The Morgan fingerprint density at radius 1 is 1.13 bits per heavy atom. The Morgan fingerprint density at radius 2 is 1.70 bits per heavy atom. The van der Waals surface area contributed by atoms with Gasteiger partial charge in [-0.05, 0) is 23.3 Å². The maximum atomic E-state index is 12.9. The maximum absolute atomic E-state index is 12.9. The zero-order chi connectivity index (χ0) is 17.2. The van der Waals surface area contributed by atoms with Crippen molar-refractivity contribution in [3.8, 4) is 6.07 Å². The lowest BCUT2D eigenvalue weighted by atomic mass is 9.91. The first-order valence-electron chi connectivity index (χ1n) is 6.24. The van der Waals surface area contributed by atoms with Crippen molar-refractivity contribution < 1.29 is 18.1 Å². The van der Waals surface area contributed by atoms with Crippen molar-refractivity contribution in [2.24, 2.45) is 0 Å². The van der Waals surface area contributed by atoms with Gasteiger partial charge < -0.3 is 0 Å². The van der Waals surface area contributed by atoms with Gasteiger partial charge >= 0.3 is 6.18 Å². The molecule has 0 fully saturated rings. The van der Waals surface area contributed by atoms with Crippen molar-refractivity contribution in [3.63, 3.8) is 0 Å². The first-order chi connectivity index (χ1) is 10.7. The molecule has 1 atom stereocenters. The molecule has 2 aromatic rings. The Hall–Kier alpha value is -2.59. The summed E-state index contributed by atoms with van der Waals surface area (Å²) in [6, 6.07) is 10.2. The van der Waals surface area contributed by atoms with E-state index in [0.717, 1.165) is 12.1 Å². The maximum Gasteiger partial charge on any atom is 0.417 e. The predicted octanol–water partition coefficient (Wildman–Crippen LogP) is 4.92. The highest BCUT2D eigenvalue weighted by Crippen LogP contribution is 2.37. The van der Waals surface area contributed by atoms with Crippen molar-refractivity contribution in [2.75, 3.05) is 0 Å². The normalized spacial score (nSPS) is 12.5. The molecule has 0 aliphatic carbocycles. The second-order valence-corrected chi connectivity index (χ2v) is 5.05. The Kier molecular flexibility index (Phi) is 4.57. The van der Waals surface area contributed by atoms with E-state index in [2.05, 4.69) is 0 Å². The van der Waals surface area contributed by atoms with E-state index in [1.165, 1.54) is 30.3 Å². The Balaban J connectivity index is 2.46. The molecule has 118 valence electrons. The van der Waals surface area contributed by atoms with Gasteiger partial charge in [0.1, 0.15) is 0 Å². The molecule has 0 heterocycles. The average molecular weight is 341 g/mol. The van der Waals surface area contributed by atoms with Gasteiger partial charge in [0.15, 0.2) is 0 Å². The smallest absolute Gasteiger partial charge is 0.258 e. The molecule has 0 aliphatic rings. The Bertz CT molecular complexity index is 783. The van der Waals surface area contributed by atoms with Gasteiger partial charge in [0.05, 0.1) is 27.5 Å². The molecule has 23 heavy (non-hydrogen) atoms. The minimum Gasteiger partial charge on any atom is -0.258 e. The quantitative estimate of drug-likeness (QED) is 0.588. The third kappa shape index (κ3) is 3.60. The molecule has 0 spiro atoms. The van der Waals surface area contributed by atoms with Crippen LogP contribution in [-0.2, 0) is 6.18 Å². The van der Waals surface area contributed by atoms with Gasteiger partial charge in [0, 0.05) is 12.1 Å². The molecule has 0 aromatic heterocycles. The summed E-state index contributed by atoms with van der Waals surface area (Å²) in [6.45, 7) is 0. The van der Waals surface area contributed by atoms with Crippen molar-refractivity contribution in [1.29, 1.82) is 5.26 Å². The fraction of sp³-hybridized carbons (Fsp3) is 0.133. The number of nitro benzene ring substituents is 1. The second kappa shape index (κ2) is 6.26. The van der Waals surface area contributed by atoms with E-state index in [1.807, 2.05) is 6.07 Å². The monoisotopic (exact) mass is 340 g/mol. The fourth-order valence-electron chi connectivity index (χ4n) is 2.07. The van der Waals surface area contributed by atoms with Crippen molar-refractivity contribution >= 4 is 17.3 Å². The highest BCUT2D eigenvalue weighted by atomic mass is 35.5. The van der Waals surface area contributed by atoms with E-state index in [0.29, 0.717) is 5.56 Å². The number of nitro groups is 1. The van der Waals surface area contributed by atoms with E-state index in [1.54, 1.807) is 0 Å². The summed E-state index contributed by atoms with van der Waals surface area (Å²) >= 11 is 5.55. The number of alkyl halides is 3. The summed E-state index contributed by atoms with van der Waals surface area (Å²) in [7, 11) is 0. The van der Waals surface area contributed by atoms with Gasteiger partial charge in [-0.25, -0.2) is 0 Å². The molecule has 0 saturated heterocycles. The molecule has 8 heteroatoms. The summed E-state index contributed by atoms with van der Waals surface area (Å²) in [5, 5.41) is 19.4. The summed E-state index contributed by atoms with van der Waals surface area (Å²) in [6.07, 6.45) is -4.64. The van der Waals surface area contributed by atoms with Crippen LogP contribution in [0.3, 0.4) is 0 Å². The second-order valence-electron chi connectivity index (χ2n) is 4.65. The fourth-order valence-corrected chi connectivity index (χ4v) is 2.29. The molecular formula is C15H8ClF3N2O2. The molecule has 0 aliphatic heterocycles. The molecule has 0 radical (unpaired) electrons. The number of rotatable bonds is 3. The zero-order valence-electron chi connectivity index (χ0n) is 11.3. The minimum absolute atomic E-state index is 0.109. The van der Waals surface area contributed by atoms with E-state index in [9.17, 15) is 28.5 Å². The van der Waals surface area contributed by atoms with E-state index >= 15 is 0 Å². The molecule has 0 saturated carbocycles. The van der Waals surface area contributed by atoms with Crippen LogP contribution in [0.4, 0.5) is 18.9 Å². The summed E-state index contributed by atoms with van der Waals surface area (Å²) < 4.78 is 38.7. The van der Waals surface area contributed by atoms with E-state index in [4.69, 9.17) is 11.6 Å². The Labute approximate surface area is 133 Å². The zero-order valence-corrected chi connectivity index (χ0v) is 12.1. The summed E-state index contributed by atoms with van der Waals surface area (Å²) in [4.78, 5) is 10.0. The van der Waals surface area contributed by atoms with Crippen molar-refractivity contribution in [2.45, 2.75) is 12.1 Å². The number of non-ortho nitro benzene ring substituents is 1. The van der Waals surface area contributed by atoms with Gasteiger partial charge in [0.2, 0.25) is 0 Å². The van der Waals surface area contributed by atoms with Gasteiger partial charge in [-0.15, -0.1) is 0 Å². The Morgan fingerprint density at radius 3 is 2.17 bits per heavy atom. The van der Waals surface area contributed by atoms with Crippen LogP contribution in [0.5, 0.6) is 0 Å². The number of halogens is 4. The standard InChI is InChI=1S/C15H8ClF3N2O2/c16-14-6-3-10(7-13(14)15(17,18)19)12(8-20)9-1-4-11(5-2-9)21(22)23/h1-7,12H. The van der Waals surface area contributed by atoms with Crippen molar-refractivity contribution in [3.05, 3.63) is 74.3 Å². The molecule has 0 amide bonds. The lowest BCUT2D eigenvalue weighted by Gasteiger charge is -2.14. The van der Waals surface area contributed by atoms with E-state index in [-0.39, 0.29) is 11.3 Å². The highest BCUT2D eigenvalue weighted by Gasteiger charge is 2.34. The largest absolute Gasteiger partial charge is 0.417 e. The molecular weight excluding hydrogens is 333 g/mol. The number of hydrogen-bond acceptors (Lipinski definition) is 3. The van der Waals surface area contributed by atoms with Crippen molar-refractivity contribution in [1.82, 2.24) is 0 Å². The van der Waals surface area contributed by atoms with Crippen LogP contribution in [0.25, 0.3) is 0 Å². The summed E-state index contributed by atoms with van der Waals surface area (Å²) in [5.41, 5.74) is -0.733. The molecule has 0 bridgehead atoms. The molecule has 4 nitrogen and oxygen atoms in total. The van der Waals surface area contributed by atoms with Crippen LogP contribution in [0, 0.1) is 21.4 Å². The molecule has 2 rings (SSSR count). The topological polar surface area (TPSA) is 66.9 Å². The predicted molar refractivity (Wildman–Crippen MR) is 77.0 cm³/mol. The van der Waals surface area contributed by atoms with Gasteiger partial charge in [0.25, 0.3) is 5.69 Å². The molecule has 0 N–H and O–H groups in total. The van der Waals surface area contributed by atoms with Crippen LogP contribution in [-0.4, -0.2) is 4.92 Å².